The second kappa shape index (κ2) is 3.33. The van der Waals surface area contributed by atoms with Crippen molar-refractivity contribution >= 4 is 15.9 Å². The fraction of sp³-hybridized carbons (Fsp3) is 0.538. The molecule has 0 aromatic heterocycles. The summed E-state index contributed by atoms with van der Waals surface area (Å²) in [4.78, 5) is 0. The first-order chi connectivity index (χ1) is 7.20. The molecule has 0 radical (unpaired) electrons. The van der Waals surface area contributed by atoms with Crippen LogP contribution in [0.3, 0.4) is 0 Å². The Balaban J connectivity index is 1.80. The first kappa shape index (κ1) is 9.86. The molecule has 0 saturated heterocycles. The Morgan fingerprint density at radius 3 is 2.40 bits per heavy atom. The van der Waals surface area contributed by atoms with E-state index < -0.39 is 0 Å². The quantitative estimate of drug-likeness (QED) is 0.872. The smallest absolute Gasteiger partial charge is 0.0445 e. The molecule has 0 aliphatic heterocycles. The topological polar surface area (TPSA) is 26.0 Å². The third kappa shape index (κ3) is 1.55. The number of halogens is 1. The number of hydrogen-bond donors (Lipinski definition) is 1. The first-order valence-electron chi connectivity index (χ1n) is 5.75. The molecule has 0 bridgehead atoms. The van der Waals surface area contributed by atoms with E-state index in [9.17, 15) is 0 Å². The molecule has 2 fully saturated rings. The molecule has 2 aliphatic carbocycles. The Morgan fingerprint density at radius 2 is 1.87 bits per heavy atom. The lowest BCUT2D eigenvalue weighted by Crippen LogP contribution is -2.27. The zero-order chi connectivity index (χ0) is 10.5. The van der Waals surface area contributed by atoms with E-state index in [4.69, 9.17) is 5.73 Å². The largest absolute Gasteiger partial charge is 0.321 e. The molecule has 2 unspecified atom stereocenters. The van der Waals surface area contributed by atoms with Gasteiger partial charge in [-0.1, -0.05) is 47.3 Å². The van der Waals surface area contributed by atoms with Crippen molar-refractivity contribution in [3.05, 3.63) is 34.3 Å². The van der Waals surface area contributed by atoms with Gasteiger partial charge in [0.05, 0.1) is 0 Å². The Labute approximate surface area is 99.2 Å². The minimum absolute atomic E-state index is 0.00574. The van der Waals surface area contributed by atoms with E-state index in [0.717, 1.165) is 16.3 Å². The van der Waals surface area contributed by atoms with Gasteiger partial charge in [0.1, 0.15) is 0 Å². The summed E-state index contributed by atoms with van der Waals surface area (Å²) in [6, 6.07) is 8.53. The van der Waals surface area contributed by atoms with Gasteiger partial charge in [-0.05, 0) is 36.0 Å². The SMILES string of the molecule is NC1(c2ccc(Br)cc2)CC1C1CCC1. The van der Waals surface area contributed by atoms with Crippen molar-refractivity contribution in [2.24, 2.45) is 17.6 Å². The molecule has 2 N–H and O–H groups in total. The molecule has 15 heavy (non-hydrogen) atoms. The number of nitrogens with two attached hydrogens (primary N) is 1. The number of hydrogen-bond acceptors (Lipinski definition) is 1. The van der Waals surface area contributed by atoms with Crippen molar-refractivity contribution in [1.82, 2.24) is 0 Å². The Hall–Kier alpha value is -0.340. The summed E-state index contributed by atoms with van der Waals surface area (Å²) in [6.07, 6.45) is 5.41. The molecule has 0 spiro atoms. The van der Waals surface area contributed by atoms with Gasteiger partial charge in [0.15, 0.2) is 0 Å². The first-order valence-corrected chi connectivity index (χ1v) is 6.54. The summed E-state index contributed by atoms with van der Waals surface area (Å²) >= 11 is 3.46. The lowest BCUT2D eigenvalue weighted by Gasteiger charge is -2.27. The van der Waals surface area contributed by atoms with Crippen LogP contribution in [-0.4, -0.2) is 0 Å². The fourth-order valence-electron chi connectivity index (χ4n) is 2.83. The summed E-state index contributed by atoms with van der Waals surface area (Å²) in [7, 11) is 0. The maximum Gasteiger partial charge on any atom is 0.0445 e. The van der Waals surface area contributed by atoms with Crippen molar-refractivity contribution in [1.29, 1.82) is 0 Å². The van der Waals surface area contributed by atoms with Crippen LogP contribution < -0.4 is 5.73 Å². The van der Waals surface area contributed by atoms with Crippen LogP contribution in [0, 0.1) is 11.8 Å². The molecule has 2 aliphatic rings. The highest BCUT2D eigenvalue weighted by atomic mass is 79.9. The number of benzene rings is 1. The van der Waals surface area contributed by atoms with Crippen LogP contribution in [0.1, 0.15) is 31.2 Å². The molecule has 1 aromatic rings. The van der Waals surface area contributed by atoms with E-state index >= 15 is 0 Å². The van der Waals surface area contributed by atoms with E-state index in [1.54, 1.807) is 0 Å². The van der Waals surface area contributed by atoms with Crippen molar-refractivity contribution in [3.8, 4) is 0 Å². The normalized spacial score (nSPS) is 34.9. The van der Waals surface area contributed by atoms with Gasteiger partial charge in [-0.2, -0.15) is 0 Å². The van der Waals surface area contributed by atoms with Gasteiger partial charge in [0.2, 0.25) is 0 Å². The van der Waals surface area contributed by atoms with Gasteiger partial charge in [-0.15, -0.1) is 0 Å². The van der Waals surface area contributed by atoms with Gasteiger partial charge in [0, 0.05) is 10.0 Å². The molecule has 2 atom stereocenters. The molecular formula is C13H16BrN. The van der Waals surface area contributed by atoms with Crippen LogP contribution >= 0.6 is 15.9 Å². The third-order valence-corrected chi connectivity index (χ3v) is 4.69. The summed E-state index contributed by atoms with van der Waals surface area (Å²) in [5, 5.41) is 0. The van der Waals surface area contributed by atoms with Crippen molar-refractivity contribution in [3.63, 3.8) is 0 Å². The van der Waals surface area contributed by atoms with E-state index in [2.05, 4.69) is 40.2 Å². The zero-order valence-electron chi connectivity index (χ0n) is 8.75. The van der Waals surface area contributed by atoms with Crippen molar-refractivity contribution < 1.29 is 0 Å². The Bertz CT molecular complexity index is 369. The number of rotatable bonds is 2. The van der Waals surface area contributed by atoms with Crippen LogP contribution in [0.25, 0.3) is 0 Å². The van der Waals surface area contributed by atoms with Gasteiger partial charge in [-0.3, -0.25) is 0 Å². The molecule has 2 heteroatoms. The van der Waals surface area contributed by atoms with Gasteiger partial charge in [0.25, 0.3) is 0 Å². The van der Waals surface area contributed by atoms with E-state index in [0.29, 0.717) is 0 Å². The van der Waals surface area contributed by atoms with Crippen LogP contribution in [0.15, 0.2) is 28.7 Å². The van der Waals surface area contributed by atoms with Crippen molar-refractivity contribution in [2.45, 2.75) is 31.2 Å². The minimum Gasteiger partial charge on any atom is -0.321 e. The second-order valence-electron chi connectivity index (χ2n) is 5.05. The molecule has 0 amide bonds. The average Bonchev–Trinajstić information content (AvgIpc) is 2.77. The lowest BCUT2D eigenvalue weighted by atomic mass is 9.79. The fourth-order valence-corrected chi connectivity index (χ4v) is 3.09. The molecular weight excluding hydrogens is 250 g/mol. The highest BCUT2D eigenvalue weighted by molar-refractivity contribution is 9.10. The molecule has 3 rings (SSSR count). The maximum atomic E-state index is 6.46. The highest BCUT2D eigenvalue weighted by Gasteiger charge is 2.56. The van der Waals surface area contributed by atoms with E-state index in [1.807, 2.05) is 0 Å². The lowest BCUT2D eigenvalue weighted by molar-refractivity contribution is 0.258. The summed E-state index contributed by atoms with van der Waals surface area (Å²) in [5.74, 6) is 1.67. The van der Waals surface area contributed by atoms with Gasteiger partial charge >= 0.3 is 0 Å². The van der Waals surface area contributed by atoms with Crippen LogP contribution in [0.4, 0.5) is 0 Å². The van der Waals surface area contributed by atoms with Crippen LogP contribution in [0.5, 0.6) is 0 Å². The third-order valence-electron chi connectivity index (χ3n) is 4.16. The highest BCUT2D eigenvalue weighted by Crippen LogP contribution is 2.58. The summed E-state index contributed by atoms with van der Waals surface area (Å²) in [5.41, 5.74) is 7.78. The maximum absolute atomic E-state index is 6.46. The standard InChI is InChI=1S/C13H16BrN/c14-11-6-4-10(5-7-11)13(15)8-12(13)9-2-1-3-9/h4-7,9,12H,1-3,8,15H2. The van der Waals surface area contributed by atoms with Crippen LogP contribution in [0.2, 0.25) is 0 Å². The second-order valence-corrected chi connectivity index (χ2v) is 5.96. The predicted molar refractivity (Wildman–Crippen MR) is 65.5 cm³/mol. The molecule has 1 aromatic carbocycles. The summed E-state index contributed by atoms with van der Waals surface area (Å²) in [6.45, 7) is 0. The van der Waals surface area contributed by atoms with E-state index in [-0.39, 0.29) is 5.54 Å². The zero-order valence-corrected chi connectivity index (χ0v) is 10.3. The monoisotopic (exact) mass is 265 g/mol. The van der Waals surface area contributed by atoms with Crippen molar-refractivity contribution in [2.75, 3.05) is 0 Å². The molecule has 1 nitrogen and oxygen atoms in total. The van der Waals surface area contributed by atoms with Crippen LogP contribution in [-0.2, 0) is 5.54 Å². The predicted octanol–water partition coefficient (Wildman–Crippen LogP) is 3.42. The summed E-state index contributed by atoms with van der Waals surface area (Å²) < 4.78 is 1.13. The van der Waals surface area contributed by atoms with Gasteiger partial charge < -0.3 is 5.73 Å². The van der Waals surface area contributed by atoms with E-state index in [1.165, 1.54) is 31.2 Å². The molecule has 0 heterocycles. The Kier molecular flexibility index (Phi) is 2.18. The molecule has 80 valence electrons. The Morgan fingerprint density at radius 1 is 1.20 bits per heavy atom. The average molecular weight is 266 g/mol. The molecule has 2 saturated carbocycles. The van der Waals surface area contributed by atoms with Gasteiger partial charge in [-0.25, -0.2) is 0 Å². The minimum atomic E-state index is 0.00574.